The van der Waals surface area contributed by atoms with E-state index in [-0.39, 0.29) is 35.3 Å². The number of hydrogen-bond donors (Lipinski definition) is 0. The largest absolute Gasteiger partial charge is 0.354 e. The predicted octanol–water partition coefficient (Wildman–Crippen LogP) is 1.79. The number of amides is 1. The number of rotatable bonds is 1. The van der Waals surface area contributed by atoms with Gasteiger partial charge < -0.3 is 9.80 Å². The van der Waals surface area contributed by atoms with Gasteiger partial charge >= 0.3 is 0 Å². The van der Waals surface area contributed by atoms with Gasteiger partial charge in [-0.05, 0) is 46.2 Å². The van der Waals surface area contributed by atoms with Crippen LogP contribution in [-0.4, -0.2) is 58.6 Å². The van der Waals surface area contributed by atoms with Crippen molar-refractivity contribution in [1.82, 2.24) is 14.5 Å². The van der Waals surface area contributed by atoms with Crippen LogP contribution in [0.3, 0.4) is 0 Å². The molecule has 2 aromatic rings. The first-order valence-corrected chi connectivity index (χ1v) is 10.3. The Morgan fingerprint density at radius 3 is 2.52 bits per heavy atom. The third-order valence-corrected chi connectivity index (χ3v) is 6.98. The number of hydrogen-bond acceptors (Lipinski definition) is 5. The molecule has 7 nitrogen and oxygen atoms in total. The van der Waals surface area contributed by atoms with Gasteiger partial charge in [-0.25, -0.2) is 9.37 Å². The summed E-state index contributed by atoms with van der Waals surface area (Å²) >= 11 is 0. The summed E-state index contributed by atoms with van der Waals surface area (Å²) in [4.78, 5) is 37.3. The van der Waals surface area contributed by atoms with Gasteiger partial charge in [-0.3, -0.25) is 19.1 Å². The molecule has 1 amide bonds. The van der Waals surface area contributed by atoms with Crippen LogP contribution < -0.4 is 15.4 Å². The van der Waals surface area contributed by atoms with Crippen molar-refractivity contribution in [3.05, 3.63) is 27.9 Å². The van der Waals surface area contributed by atoms with Gasteiger partial charge in [0.05, 0.1) is 11.4 Å². The molecule has 1 aliphatic carbocycles. The quantitative estimate of drug-likeness (QED) is 0.732. The van der Waals surface area contributed by atoms with E-state index in [4.69, 9.17) is 0 Å². The Balaban J connectivity index is 1.86. The maximum absolute atomic E-state index is 14.6. The summed E-state index contributed by atoms with van der Waals surface area (Å²) in [6.45, 7) is 4.89. The fourth-order valence-corrected chi connectivity index (χ4v) is 4.83. The number of fused-ring (bicyclic) bond motifs is 5. The second-order valence-electron chi connectivity index (χ2n) is 8.74. The molecule has 2 unspecified atom stereocenters. The van der Waals surface area contributed by atoms with Crippen LogP contribution in [0.25, 0.3) is 11.0 Å². The molecule has 0 spiro atoms. The first-order valence-electron chi connectivity index (χ1n) is 10.3. The number of aryl methyl sites for hydroxylation is 2. The molecule has 5 rings (SSSR count). The molecule has 2 aromatic heterocycles. The van der Waals surface area contributed by atoms with Gasteiger partial charge in [-0.1, -0.05) is 0 Å². The van der Waals surface area contributed by atoms with E-state index < -0.39 is 5.82 Å². The number of likely N-dealkylation sites (N-methyl/N-ethyl adjacent to an activating group) is 1. The van der Waals surface area contributed by atoms with Gasteiger partial charge in [0.2, 0.25) is 0 Å². The zero-order chi connectivity index (χ0) is 20.6. The third-order valence-electron chi connectivity index (χ3n) is 6.98. The van der Waals surface area contributed by atoms with Crippen LogP contribution in [0, 0.1) is 12.7 Å². The van der Waals surface area contributed by atoms with Crippen LogP contribution in [0.1, 0.15) is 31.9 Å². The molecule has 0 bridgehead atoms. The van der Waals surface area contributed by atoms with Crippen molar-refractivity contribution in [1.29, 1.82) is 0 Å². The molecule has 2 aliphatic heterocycles. The van der Waals surface area contributed by atoms with E-state index in [1.807, 2.05) is 11.9 Å². The Kier molecular flexibility index (Phi) is 4.00. The predicted molar refractivity (Wildman–Crippen MR) is 110 cm³/mol. The lowest BCUT2D eigenvalue weighted by Crippen LogP contribution is -2.67. The number of pyridine rings is 2. The lowest BCUT2D eigenvalue weighted by Gasteiger charge is -2.52. The van der Waals surface area contributed by atoms with Gasteiger partial charge in [-0.15, -0.1) is 0 Å². The number of piperazine rings is 1. The Morgan fingerprint density at radius 2 is 1.86 bits per heavy atom. The van der Waals surface area contributed by atoms with E-state index in [9.17, 15) is 14.0 Å². The number of nitrogens with zero attached hydrogens (tertiary/aromatic N) is 5. The van der Waals surface area contributed by atoms with Crippen LogP contribution >= 0.6 is 0 Å². The lowest BCUT2D eigenvalue weighted by molar-refractivity contribution is -0.122. The summed E-state index contributed by atoms with van der Waals surface area (Å²) in [5, 5.41) is 0.601. The maximum Gasteiger partial charge on any atom is 0.278 e. The molecule has 2 fully saturated rings. The third kappa shape index (κ3) is 2.48. The number of carbonyl (C=O) groups excluding carboxylic acids is 1. The summed E-state index contributed by atoms with van der Waals surface area (Å²) in [5.74, 6) is -0.415. The topological polar surface area (TPSA) is 61.7 Å². The molecule has 0 aromatic carbocycles. The number of carbonyl (C=O) groups is 1. The second kappa shape index (κ2) is 6.26. The molecule has 154 valence electrons. The van der Waals surface area contributed by atoms with Gasteiger partial charge in [0, 0.05) is 37.6 Å². The van der Waals surface area contributed by atoms with Crippen molar-refractivity contribution < 1.29 is 9.18 Å². The van der Waals surface area contributed by atoms with E-state index in [1.54, 1.807) is 18.9 Å². The second-order valence-corrected chi connectivity index (χ2v) is 8.74. The fourth-order valence-electron chi connectivity index (χ4n) is 4.83. The molecule has 3 aliphatic rings. The maximum atomic E-state index is 14.6. The van der Waals surface area contributed by atoms with Crippen LogP contribution in [-0.2, 0) is 11.8 Å². The minimum absolute atomic E-state index is 0.0158. The molecule has 29 heavy (non-hydrogen) atoms. The molecule has 1 saturated heterocycles. The molecule has 0 N–H and O–H groups in total. The zero-order valence-corrected chi connectivity index (χ0v) is 17.3. The van der Waals surface area contributed by atoms with E-state index >= 15 is 0 Å². The van der Waals surface area contributed by atoms with Crippen molar-refractivity contribution in [2.45, 2.75) is 51.2 Å². The lowest BCUT2D eigenvalue weighted by atomic mass is 9.88. The van der Waals surface area contributed by atoms with Gasteiger partial charge in [0.15, 0.2) is 0 Å². The molecule has 1 saturated carbocycles. The van der Waals surface area contributed by atoms with E-state index in [2.05, 4.69) is 16.8 Å². The number of aromatic nitrogens is 2. The van der Waals surface area contributed by atoms with Crippen molar-refractivity contribution in [2.75, 3.05) is 29.9 Å². The minimum atomic E-state index is -0.399. The van der Waals surface area contributed by atoms with Crippen molar-refractivity contribution in [3.63, 3.8) is 0 Å². The summed E-state index contributed by atoms with van der Waals surface area (Å²) in [6, 6.07) is 1.36. The average Bonchev–Trinajstić information content (AvgIpc) is 2.64. The van der Waals surface area contributed by atoms with E-state index in [0.29, 0.717) is 35.5 Å². The molecule has 8 heteroatoms. The van der Waals surface area contributed by atoms with Crippen LogP contribution in [0.2, 0.25) is 0 Å². The molecular formula is C21H26FN5O2. The van der Waals surface area contributed by atoms with Crippen LogP contribution in [0.15, 0.2) is 10.9 Å². The monoisotopic (exact) mass is 399 g/mol. The summed E-state index contributed by atoms with van der Waals surface area (Å²) < 4.78 is 16.0. The Morgan fingerprint density at radius 1 is 1.14 bits per heavy atom. The van der Waals surface area contributed by atoms with Crippen LogP contribution in [0.5, 0.6) is 0 Å². The molecular weight excluding hydrogens is 373 g/mol. The van der Waals surface area contributed by atoms with Crippen molar-refractivity contribution in [3.8, 4) is 0 Å². The fraction of sp³-hybridized carbons (Fsp3) is 0.571. The Hall–Kier alpha value is -2.48. The first-order chi connectivity index (χ1) is 13.8. The SMILES string of the molecule is Cc1nc2c(cc1F)c1c(c(=O)n2C)N(C2CCC2)C(=O)C2CN(C)C(C)CN12. The molecule has 2 atom stereocenters. The highest BCUT2D eigenvalue weighted by Crippen LogP contribution is 2.44. The highest BCUT2D eigenvalue weighted by atomic mass is 19.1. The smallest absolute Gasteiger partial charge is 0.278 e. The van der Waals surface area contributed by atoms with E-state index in [0.717, 1.165) is 19.3 Å². The Labute approximate surface area is 168 Å². The Bertz CT molecular complexity index is 1090. The number of halogens is 1. The van der Waals surface area contributed by atoms with Gasteiger partial charge in [0.25, 0.3) is 11.5 Å². The summed E-state index contributed by atoms with van der Waals surface area (Å²) in [6.07, 6.45) is 2.84. The highest BCUT2D eigenvalue weighted by molar-refractivity contribution is 6.11. The van der Waals surface area contributed by atoms with Crippen molar-refractivity contribution >= 4 is 28.3 Å². The van der Waals surface area contributed by atoms with Crippen molar-refractivity contribution in [2.24, 2.45) is 7.05 Å². The van der Waals surface area contributed by atoms with Crippen LogP contribution in [0.4, 0.5) is 15.8 Å². The normalized spacial score (nSPS) is 25.2. The minimum Gasteiger partial charge on any atom is -0.354 e. The summed E-state index contributed by atoms with van der Waals surface area (Å²) in [5.41, 5.74) is 1.55. The van der Waals surface area contributed by atoms with Gasteiger partial charge in [-0.2, -0.15) is 0 Å². The average molecular weight is 399 g/mol. The summed E-state index contributed by atoms with van der Waals surface area (Å²) in [7, 11) is 3.67. The zero-order valence-electron chi connectivity index (χ0n) is 17.3. The first kappa shape index (κ1) is 18.5. The molecule has 0 radical (unpaired) electrons. The van der Waals surface area contributed by atoms with Gasteiger partial charge in [0.1, 0.15) is 23.2 Å². The molecule has 4 heterocycles. The number of anilines is 2. The van der Waals surface area contributed by atoms with E-state index in [1.165, 1.54) is 10.6 Å². The highest BCUT2D eigenvalue weighted by Gasteiger charge is 2.48. The standard InChI is InChI=1S/C21H26FN5O2/c1-11-9-26-16(10-24(11)3)20(28)27(13-6-5-7-13)18-17(26)14-8-15(22)12(2)23-19(14)25(4)21(18)29/h8,11,13,16H,5-7,9-10H2,1-4H3.